The SMILES string of the molecule is Cc1ccc(C(=O)N2C[C@@H](c3cn(C(C)C)cn3)[C@@]3(CCN(Cc4ccncc4)C3=O)C2)o1. The van der Waals surface area contributed by atoms with Crippen LogP contribution >= 0.6 is 0 Å². The van der Waals surface area contributed by atoms with Gasteiger partial charge in [0.2, 0.25) is 5.91 Å². The van der Waals surface area contributed by atoms with Crippen molar-refractivity contribution in [2.75, 3.05) is 19.6 Å². The monoisotopic (exact) mass is 447 g/mol. The molecule has 8 nitrogen and oxygen atoms in total. The number of aromatic nitrogens is 3. The van der Waals surface area contributed by atoms with Crippen molar-refractivity contribution in [3.63, 3.8) is 0 Å². The quantitative estimate of drug-likeness (QED) is 0.598. The second-order valence-corrected chi connectivity index (χ2v) is 9.48. The van der Waals surface area contributed by atoms with Gasteiger partial charge in [0, 0.05) is 56.7 Å². The first kappa shape index (κ1) is 21.4. The fraction of sp³-hybridized carbons (Fsp3) is 0.440. The molecule has 0 N–H and O–H groups in total. The molecule has 2 aliphatic heterocycles. The molecule has 3 aromatic rings. The van der Waals surface area contributed by atoms with Gasteiger partial charge in [-0.05, 0) is 57.0 Å². The minimum Gasteiger partial charge on any atom is -0.456 e. The number of rotatable bonds is 5. The highest BCUT2D eigenvalue weighted by Gasteiger charge is 2.58. The van der Waals surface area contributed by atoms with Crippen molar-refractivity contribution in [2.24, 2.45) is 5.41 Å². The van der Waals surface area contributed by atoms with E-state index in [1.807, 2.05) is 36.5 Å². The Kier molecular flexibility index (Phi) is 5.31. The van der Waals surface area contributed by atoms with Gasteiger partial charge in [0.05, 0.1) is 17.4 Å². The maximum atomic E-state index is 13.9. The molecule has 5 rings (SSSR count). The minimum atomic E-state index is -0.680. The molecular weight excluding hydrogens is 418 g/mol. The highest BCUT2D eigenvalue weighted by molar-refractivity contribution is 5.94. The Morgan fingerprint density at radius 3 is 2.70 bits per heavy atom. The number of amides is 2. The van der Waals surface area contributed by atoms with Gasteiger partial charge in [-0.1, -0.05) is 0 Å². The standard InChI is InChI=1S/C25H29N5O3/c1-17(2)30-14-21(27-16-30)20-13-29(23(31)22-5-4-18(3)33-22)15-25(20)8-11-28(24(25)32)12-19-6-9-26-10-7-19/h4-7,9-10,14,16-17,20H,8,11-13,15H2,1-3H3/t20-,25+/m0/s1. The van der Waals surface area contributed by atoms with Crippen LogP contribution in [-0.4, -0.2) is 55.8 Å². The van der Waals surface area contributed by atoms with E-state index in [4.69, 9.17) is 4.42 Å². The van der Waals surface area contributed by atoms with Crippen molar-refractivity contribution in [1.82, 2.24) is 24.3 Å². The van der Waals surface area contributed by atoms with Crippen molar-refractivity contribution in [3.05, 3.63) is 72.0 Å². The molecule has 2 fully saturated rings. The average Bonchev–Trinajstić information content (AvgIpc) is 3.58. The largest absolute Gasteiger partial charge is 0.456 e. The van der Waals surface area contributed by atoms with E-state index in [2.05, 4.69) is 28.4 Å². The predicted octanol–water partition coefficient (Wildman–Crippen LogP) is 3.42. The molecular formula is C25H29N5O3. The predicted molar refractivity (Wildman–Crippen MR) is 121 cm³/mol. The number of aryl methyl sites for hydroxylation is 1. The van der Waals surface area contributed by atoms with Crippen LogP contribution in [0.1, 0.15) is 59.8 Å². The number of hydrogen-bond acceptors (Lipinski definition) is 5. The molecule has 2 amide bonds. The highest BCUT2D eigenvalue weighted by atomic mass is 16.3. The molecule has 1 spiro atoms. The Hall–Kier alpha value is -3.42. The van der Waals surface area contributed by atoms with E-state index >= 15 is 0 Å². The molecule has 5 heterocycles. The highest BCUT2D eigenvalue weighted by Crippen LogP contribution is 2.50. The van der Waals surface area contributed by atoms with Gasteiger partial charge < -0.3 is 18.8 Å². The first-order valence-electron chi connectivity index (χ1n) is 11.4. The van der Waals surface area contributed by atoms with Crippen LogP contribution in [0.4, 0.5) is 0 Å². The van der Waals surface area contributed by atoms with E-state index in [9.17, 15) is 9.59 Å². The molecule has 0 saturated carbocycles. The fourth-order valence-corrected chi connectivity index (χ4v) is 5.15. The van der Waals surface area contributed by atoms with Crippen LogP contribution in [0.2, 0.25) is 0 Å². The van der Waals surface area contributed by atoms with Gasteiger partial charge in [0.25, 0.3) is 5.91 Å². The zero-order valence-corrected chi connectivity index (χ0v) is 19.3. The zero-order valence-electron chi connectivity index (χ0n) is 19.3. The maximum absolute atomic E-state index is 13.9. The van der Waals surface area contributed by atoms with Crippen LogP contribution in [-0.2, 0) is 11.3 Å². The number of nitrogens with zero attached hydrogens (tertiary/aromatic N) is 5. The van der Waals surface area contributed by atoms with Crippen molar-refractivity contribution in [2.45, 2.75) is 45.7 Å². The number of pyridine rings is 1. The van der Waals surface area contributed by atoms with Crippen LogP contribution in [0.3, 0.4) is 0 Å². The molecule has 172 valence electrons. The summed E-state index contributed by atoms with van der Waals surface area (Å²) in [5.74, 6) is 0.769. The van der Waals surface area contributed by atoms with Gasteiger partial charge in [-0.15, -0.1) is 0 Å². The summed E-state index contributed by atoms with van der Waals surface area (Å²) in [6.45, 7) is 8.04. The number of imidazole rings is 1. The maximum Gasteiger partial charge on any atom is 0.289 e. The zero-order chi connectivity index (χ0) is 23.2. The van der Waals surface area contributed by atoms with Gasteiger partial charge >= 0.3 is 0 Å². The average molecular weight is 448 g/mol. The molecule has 33 heavy (non-hydrogen) atoms. The van der Waals surface area contributed by atoms with E-state index in [1.54, 1.807) is 29.4 Å². The van der Waals surface area contributed by atoms with Gasteiger partial charge in [-0.25, -0.2) is 4.98 Å². The number of furan rings is 1. The Labute approximate surface area is 193 Å². The van der Waals surface area contributed by atoms with Crippen molar-refractivity contribution >= 4 is 11.8 Å². The van der Waals surface area contributed by atoms with E-state index < -0.39 is 5.41 Å². The normalized spacial score (nSPS) is 22.8. The molecule has 0 aliphatic carbocycles. The number of likely N-dealkylation sites (tertiary alicyclic amines) is 2. The summed E-state index contributed by atoms with van der Waals surface area (Å²) in [6, 6.07) is 7.64. The summed E-state index contributed by atoms with van der Waals surface area (Å²) in [6.07, 6.45) is 8.03. The molecule has 2 aliphatic rings. The fourth-order valence-electron chi connectivity index (χ4n) is 5.15. The lowest BCUT2D eigenvalue weighted by molar-refractivity contribution is -0.136. The smallest absolute Gasteiger partial charge is 0.289 e. The molecule has 8 heteroatoms. The molecule has 2 saturated heterocycles. The lowest BCUT2D eigenvalue weighted by Gasteiger charge is -2.27. The van der Waals surface area contributed by atoms with Gasteiger partial charge in [0.15, 0.2) is 5.76 Å². The van der Waals surface area contributed by atoms with Gasteiger partial charge in [0.1, 0.15) is 5.76 Å². The van der Waals surface area contributed by atoms with E-state index in [0.29, 0.717) is 44.1 Å². The van der Waals surface area contributed by atoms with Crippen molar-refractivity contribution in [3.8, 4) is 0 Å². The summed E-state index contributed by atoms with van der Waals surface area (Å²) in [5, 5.41) is 0. The Morgan fingerprint density at radius 2 is 2.03 bits per heavy atom. The minimum absolute atomic E-state index is 0.0920. The summed E-state index contributed by atoms with van der Waals surface area (Å²) in [7, 11) is 0. The number of hydrogen-bond donors (Lipinski definition) is 0. The van der Waals surface area contributed by atoms with Crippen LogP contribution in [0.25, 0.3) is 0 Å². The third kappa shape index (κ3) is 3.73. The van der Waals surface area contributed by atoms with Crippen LogP contribution in [0, 0.1) is 12.3 Å². The third-order valence-corrected chi connectivity index (χ3v) is 7.02. The van der Waals surface area contributed by atoms with Gasteiger partial charge in [-0.3, -0.25) is 14.6 Å². The first-order chi connectivity index (χ1) is 15.9. The summed E-state index contributed by atoms with van der Waals surface area (Å²) >= 11 is 0. The lowest BCUT2D eigenvalue weighted by atomic mass is 9.75. The van der Waals surface area contributed by atoms with Crippen LogP contribution < -0.4 is 0 Å². The Balaban J connectivity index is 1.47. The summed E-state index contributed by atoms with van der Waals surface area (Å²) < 4.78 is 7.65. The van der Waals surface area contributed by atoms with Crippen LogP contribution in [0.15, 0.2) is 53.6 Å². The molecule has 0 aromatic carbocycles. The molecule has 0 radical (unpaired) electrons. The lowest BCUT2D eigenvalue weighted by Crippen LogP contribution is -2.40. The first-order valence-corrected chi connectivity index (χ1v) is 11.4. The molecule has 0 bridgehead atoms. The van der Waals surface area contributed by atoms with Crippen LogP contribution in [0.5, 0.6) is 0 Å². The molecule has 3 aromatic heterocycles. The summed E-state index contributed by atoms with van der Waals surface area (Å²) in [5.41, 5.74) is 1.24. The number of carbonyl (C=O) groups excluding carboxylic acids is 2. The molecule has 0 unspecified atom stereocenters. The van der Waals surface area contributed by atoms with Gasteiger partial charge in [-0.2, -0.15) is 0 Å². The second kappa shape index (κ2) is 8.17. The molecule has 2 atom stereocenters. The third-order valence-electron chi connectivity index (χ3n) is 7.02. The summed E-state index contributed by atoms with van der Waals surface area (Å²) in [4.78, 5) is 39.6. The van der Waals surface area contributed by atoms with E-state index in [0.717, 1.165) is 11.3 Å². The van der Waals surface area contributed by atoms with Crippen molar-refractivity contribution < 1.29 is 14.0 Å². The Morgan fingerprint density at radius 1 is 1.24 bits per heavy atom. The topological polar surface area (TPSA) is 84.5 Å². The Bertz CT molecular complexity index is 1170. The van der Waals surface area contributed by atoms with E-state index in [-0.39, 0.29) is 23.8 Å². The van der Waals surface area contributed by atoms with Crippen molar-refractivity contribution in [1.29, 1.82) is 0 Å². The number of carbonyl (C=O) groups is 2. The second-order valence-electron chi connectivity index (χ2n) is 9.48. The van der Waals surface area contributed by atoms with E-state index in [1.165, 1.54) is 0 Å².